The van der Waals surface area contributed by atoms with Gasteiger partial charge in [-0.2, -0.15) is 0 Å². The second kappa shape index (κ2) is 5.34. The summed E-state index contributed by atoms with van der Waals surface area (Å²) in [5.74, 6) is 0.0320. The van der Waals surface area contributed by atoms with E-state index in [4.69, 9.17) is 0 Å². The van der Waals surface area contributed by atoms with Gasteiger partial charge < -0.3 is 14.7 Å². The maximum atomic E-state index is 12.5. The minimum absolute atomic E-state index is 0.204. The Labute approximate surface area is 136 Å². The largest absolute Gasteiger partial charge is 0.465 e. The maximum absolute atomic E-state index is 12.5. The average molecular weight is 319 g/mol. The van der Waals surface area contributed by atoms with E-state index in [0.717, 1.165) is 10.9 Å². The molecule has 0 aliphatic carbocycles. The lowest BCUT2D eigenvalue weighted by atomic mass is 10.1. The molecule has 0 radical (unpaired) electrons. The lowest BCUT2D eigenvalue weighted by molar-refractivity contribution is 0.0601. The van der Waals surface area contributed by atoms with Gasteiger partial charge in [0.05, 0.1) is 18.1 Å². The van der Waals surface area contributed by atoms with Crippen LogP contribution < -0.4 is 5.56 Å². The normalized spacial score (nSPS) is 11.0. The highest BCUT2D eigenvalue weighted by atomic mass is 16.5. The van der Waals surface area contributed by atoms with Crippen LogP contribution >= 0.6 is 0 Å². The van der Waals surface area contributed by atoms with E-state index in [2.05, 4.69) is 19.7 Å². The standard InChI is InChI=1S/C18H13N3O3/c1-24-18(23)11-8-6-10(7-9-11)15-20-16-14(17(22)21-15)12-4-2-3-5-13(12)19-16/h2-9H,1H3,(H2,19,20,21,22). The lowest BCUT2D eigenvalue weighted by Crippen LogP contribution is -2.09. The fourth-order valence-electron chi connectivity index (χ4n) is 2.77. The number of carbonyl (C=O) groups is 1. The van der Waals surface area contributed by atoms with Crippen LogP contribution in [0.5, 0.6) is 0 Å². The average Bonchev–Trinajstić information content (AvgIpc) is 3.00. The number of fused-ring (bicyclic) bond motifs is 3. The van der Waals surface area contributed by atoms with Gasteiger partial charge in [0, 0.05) is 16.5 Å². The van der Waals surface area contributed by atoms with Crippen LogP contribution in [0.2, 0.25) is 0 Å². The Morgan fingerprint density at radius 3 is 2.54 bits per heavy atom. The Balaban J connectivity index is 1.87. The molecule has 0 unspecified atom stereocenters. The third-order valence-corrected chi connectivity index (χ3v) is 3.95. The van der Waals surface area contributed by atoms with Gasteiger partial charge >= 0.3 is 5.97 Å². The second-order valence-corrected chi connectivity index (χ2v) is 5.38. The fourth-order valence-corrected chi connectivity index (χ4v) is 2.77. The highest BCUT2D eigenvalue weighted by molar-refractivity contribution is 6.05. The molecule has 4 rings (SSSR count). The van der Waals surface area contributed by atoms with Crippen LogP contribution in [0.25, 0.3) is 33.3 Å². The molecule has 118 valence electrons. The van der Waals surface area contributed by atoms with Gasteiger partial charge in [-0.15, -0.1) is 0 Å². The summed E-state index contributed by atoms with van der Waals surface area (Å²) in [6.07, 6.45) is 0. The number of benzene rings is 2. The van der Waals surface area contributed by atoms with Crippen molar-refractivity contribution >= 4 is 27.9 Å². The lowest BCUT2D eigenvalue weighted by Gasteiger charge is -2.03. The molecule has 2 aromatic carbocycles. The van der Waals surface area contributed by atoms with Crippen LogP contribution in [0.1, 0.15) is 10.4 Å². The first-order chi connectivity index (χ1) is 11.7. The quantitative estimate of drug-likeness (QED) is 0.556. The van der Waals surface area contributed by atoms with E-state index in [9.17, 15) is 9.59 Å². The van der Waals surface area contributed by atoms with E-state index in [1.54, 1.807) is 24.3 Å². The second-order valence-electron chi connectivity index (χ2n) is 5.38. The first-order valence-electron chi connectivity index (χ1n) is 7.37. The number of hydrogen-bond donors (Lipinski definition) is 2. The molecule has 2 N–H and O–H groups in total. The minimum atomic E-state index is -0.408. The third-order valence-electron chi connectivity index (χ3n) is 3.95. The minimum Gasteiger partial charge on any atom is -0.465 e. The van der Waals surface area contributed by atoms with Gasteiger partial charge in [0.25, 0.3) is 5.56 Å². The predicted octanol–water partition coefficient (Wildman–Crippen LogP) is 2.86. The Bertz CT molecular complexity index is 1120. The molecule has 6 nitrogen and oxygen atoms in total. The summed E-state index contributed by atoms with van der Waals surface area (Å²) in [4.78, 5) is 34.4. The van der Waals surface area contributed by atoms with Gasteiger partial charge in [0.15, 0.2) is 0 Å². The van der Waals surface area contributed by atoms with Crippen molar-refractivity contribution in [1.82, 2.24) is 15.0 Å². The third kappa shape index (κ3) is 2.16. The molecule has 0 bridgehead atoms. The Hall–Kier alpha value is -3.41. The fraction of sp³-hybridized carbons (Fsp3) is 0.0556. The SMILES string of the molecule is COC(=O)c1ccc(-c2nc3[nH]c4ccccc4c3c(=O)[nH]2)cc1. The first-order valence-corrected chi connectivity index (χ1v) is 7.37. The molecule has 0 saturated carbocycles. The molecule has 0 fully saturated rings. The van der Waals surface area contributed by atoms with E-state index >= 15 is 0 Å². The summed E-state index contributed by atoms with van der Waals surface area (Å²) in [6.45, 7) is 0. The van der Waals surface area contributed by atoms with Crippen molar-refractivity contribution < 1.29 is 9.53 Å². The molecule has 2 aromatic heterocycles. The molecule has 0 atom stereocenters. The molecule has 0 aliphatic rings. The number of aromatic amines is 2. The van der Waals surface area contributed by atoms with Gasteiger partial charge in [-0.05, 0) is 18.2 Å². The van der Waals surface area contributed by atoms with Crippen LogP contribution in [0, 0.1) is 0 Å². The van der Waals surface area contributed by atoms with E-state index in [0.29, 0.717) is 28.0 Å². The molecule has 0 spiro atoms. The summed E-state index contributed by atoms with van der Waals surface area (Å²) in [5.41, 5.74) is 2.34. The van der Waals surface area contributed by atoms with Crippen molar-refractivity contribution in [1.29, 1.82) is 0 Å². The van der Waals surface area contributed by atoms with Crippen molar-refractivity contribution in [3.63, 3.8) is 0 Å². The number of methoxy groups -OCH3 is 1. The van der Waals surface area contributed by atoms with Crippen LogP contribution in [0.15, 0.2) is 53.3 Å². The smallest absolute Gasteiger partial charge is 0.337 e. The van der Waals surface area contributed by atoms with E-state index < -0.39 is 5.97 Å². The Morgan fingerprint density at radius 1 is 1.04 bits per heavy atom. The molecular weight excluding hydrogens is 306 g/mol. The number of rotatable bonds is 2. The molecule has 0 aliphatic heterocycles. The topological polar surface area (TPSA) is 87.8 Å². The van der Waals surface area contributed by atoms with Crippen molar-refractivity contribution in [3.05, 3.63) is 64.4 Å². The Morgan fingerprint density at radius 2 is 1.79 bits per heavy atom. The number of esters is 1. The number of aromatic nitrogens is 3. The Kier molecular flexibility index (Phi) is 3.16. The molecule has 24 heavy (non-hydrogen) atoms. The van der Waals surface area contributed by atoms with Gasteiger partial charge in [0.1, 0.15) is 11.5 Å². The van der Waals surface area contributed by atoms with Crippen LogP contribution in [-0.2, 0) is 4.74 Å². The van der Waals surface area contributed by atoms with Crippen LogP contribution in [0.3, 0.4) is 0 Å². The molecule has 4 aromatic rings. The van der Waals surface area contributed by atoms with E-state index in [1.165, 1.54) is 7.11 Å². The van der Waals surface area contributed by atoms with Crippen LogP contribution in [-0.4, -0.2) is 28.0 Å². The molecule has 6 heteroatoms. The van der Waals surface area contributed by atoms with Gasteiger partial charge in [-0.3, -0.25) is 4.79 Å². The van der Waals surface area contributed by atoms with Crippen molar-refractivity contribution in [2.75, 3.05) is 7.11 Å². The monoisotopic (exact) mass is 319 g/mol. The number of para-hydroxylation sites is 1. The summed E-state index contributed by atoms with van der Waals surface area (Å²) >= 11 is 0. The maximum Gasteiger partial charge on any atom is 0.337 e. The van der Waals surface area contributed by atoms with Gasteiger partial charge in [-0.1, -0.05) is 30.3 Å². The zero-order chi connectivity index (χ0) is 16.7. The number of ether oxygens (including phenoxy) is 1. The summed E-state index contributed by atoms with van der Waals surface area (Å²) in [6, 6.07) is 14.3. The molecule has 2 heterocycles. The predicted molar refractivity (Wildman–Crippen MR) is 91.0 cm³/mol. The zero-order valence-corrected chi connectivity index (χ0v) is 12.8. The highest BCUT2D eigenvalue weighted by Crippen LogP contribution is 2.23. The number of nitrogens with one attached hydrogen (secondary N) is 2. The number of H-pyrrole nitrogens is 2. The van der Waals surface area contributed by atoms with Crippen molar-refractivity contribution in [2.45, 2.75) is 0 Å². The highest BCUT2D eigenvalue weighted by Gasteiger charge is 2.12. The van der Waals surface area contributed by atoms with Gasteiger partial charge in [-0.25, -0.2) is 9.78 Å². The summed E-state index contributed by atoms with van der Waals surface area (Å²) < 4.78 is 4.67. The molecular formula is C18H13N3O3. The van der Waals surface area contributed by atoms with E-state index in [1.807, 2.05) is 24.3 Å². The summed E-state index contributed by atoms with van der Waals surface area (Å²) in [7, 11) is 1.33. The number of hydrogen-bond acceptors (Lipinski definition) is 4. The number of nitrogens with zero attached hydrogens (tertiary/aromatic N) is 1. The van der Waals surface area contributed by atoms with Crippen molar-refractivity contribution in [2.24, 2.45) is 0 Å². The van der Waals surface area contributed by atoms with Crippen LogP contribution in [0.4, 0.5) is 0 Å². The zero-order valence-electron chi connectivity index (χ0n) is 12.8. The molecule has 0 amide bonds. The van der Waals surface area contributed by atoms with Crippen molar-refractivity contribution in [3.8, 4) is 11.4 Å². The number of carbonyl (C=O) groups excluding carboxylic acids is 1. The van der Waals surface area contributed by atoms with E-state index in [-0.39, 0.29) is 5.56 Å². The molecule has 0 saturated heterocycles. The summed E-state index contributed by atoms with van der Waals surface area (Å²) in [5, 5.41) is 1.38. The first kappa shape index (κ1) is 14.2. The van der Waals surface area contributed by atoms with Gasteiger partial charge in [0.2, 0.25) is 0 Å².